The highest BCUT2D eigenvalue weighted by Gasteiger charge is 2.21. The van der Waals surface area contributed by atoms with Crippen molar-refractivity contribution in [2.75, 3.05) is 17.6 Å². The number of nitrogens with two attached hydrogens (primary N) is 1. The average molecular weight is 280 g/mol. The maximum absolute atomic E-state index is 11.0. The molecule has 0 aliphatic rings. The molecule has 0 aliphatic heterocycles. The molecule has 2 heterocycles. The van der Waals surface area contributed by atoms with Crippen molar-refractivity contribution in [3.8, 4) is 0 Å². The Hall–Kier alpha value is -2.29. The molecule has 0 bridgehead atoms. The summed E-state index contributed by atoms with van der Waals surface area (Å²) in [7, 11) is 0. The maximum Gasteiger partial charge on any atom is 0.332 e. The summed E-state index contributed by atoms with van der Waals surface area (Å²) in [4.78, 5) is 22.3. The molecule has 2 aromatic heterocycles. The predicted molar refractivity (Wildman–Crippen MR) is 72.1 cm³/mol. The summed E-state index contributed by atoms with van der Waals surface area (Å²) < 4.78 is 0. The number of nitrogens with zero attached hydrogens (tertiary/aromatic N) is 4. The Balaban J connectivity index is 2.12. The van der Waals surface area contributed by atoms with E-state index in [2.05, 4.69) is 20.3 Å². The van der Waals surface area contributed by atoms with Crippen molar-refractivity contribution in [2.24, 2.45) is 0 Å². The third kappa shape index (κ3) is 3.13. The van der Waals surface area contributed by atoms with Gasteiger partial charge in [0.05, 0.1) is 9.93 Å². The first-order chi connectivity index (χ1) is 9.08. The molecule has 0 amide bonds. The van der Waals surface area contributed by atoms with E-state index in [0.717, 1.165) is 5.01 Å². The molecule has 0 saturated heterocycles. The molecule has 0 unspecified atom stereocenters. The molecule has 0 radical (unpaired) electrons. The van der Waals surface area contributed by atoms with Crippen LogP contribution in [-0.4, -0.2) is 26.4 Å². The first kappa shape index (κ1) is 13.1. The van der Waals surface area contributed by atoms with Gasteiger partial charge in [-0.3, -0.25) is 10.1 Å². The Kier molecular flexibility index (Phi) is 3.85. The van der Waals surface area contributed by atoms with Crippen LogP contribution in [0, 0.1) is 17.0 Å². The Morgan fingerprint density at radius 2 is 2.32 bits per heavy atom. The Bertz CT molecular complexity index is 586. The number of hydrogen-bond donors (Lipinski definition) is 2. The van der Waals surface area contributed by atoms with Gasteiger partial charge in [-0.25, -0.2) is 9.97 Å². The van der Waals surface area contributed by atoms with Crippen molar-refractivity contribution >= 4 is 28.8 Å². The van der Waals surface area contributed by atoms with Crippen LogP contribution in [0.2, 0.25) is 0 Å². The van der Waals surface area contributed by atoms with E-state index in [-0.39, 0.29) is 23.1 Å². The summed E-state index contributed by atoms with van der Waals surface area (Å²) in [6.45, 7) is 2.02. The second kappa shape index (κ2) is 5.57. The van der Waals surface area contributed by atoms with Crippen molar-refractivity contribution in [3.05, 3.63) is 32.4 Å². The SMILES string of the molecule is Cc1nc(N)nc(NCCc2nccs2)c1[N+](=O)[O-]. The van der Waals surface area contributed by atoms with Crippen LogP contribution in [0.25, 0.3) is 0 Å². The standard InChI is InChI=1S/C10H12N6O2S/c1-6-8(16(17)18)9(15-10(11)14-6)13-3-2-7-12-4-5-19-7/h4-5H,2-3H2,1H3,(H3,11,13,14,15). The van der Waals surface area contributed by atoms with Crippen molar-refractivity contribution in [3.63, 3.8) is 0 Å². The molecule has 100 valence electrons. The molecule has 19 heavy (non-hydrogen) atoms. The third-order valence-corrected chi connectivity index (χ3v) is 3.21. The molecule has 0 aliphatic carbocycles. The molecule has 2 rings (SSSR count). The van der Waals surface area contributed by atoms with Crippen molar-refractivity contribution in [2.45, 2.75) is 13.3 Å². The highest BCUT2D eigenvalue weighted by Crippen LogP contribution is 2.25. The number of nitrogens with one attached hydrogen (secondary N) is 1. The molecule has 0 fully saturated rings. The lowest BCUT2D eigenvalue weighted by Gasteiger charge is -2.07. The van der Waals surface area contributed by atoms with Crippen LogP contribution in [0.5, 0.6) is 0 Å². The van der Waals surface area contributed by atoms with E-state index in [0.29, 0.717) is 13.0 Å². The number of nitro groups is 1. The minimum Gasteiger partial charge on any atom is -0.368 e. The lowest BCUT2D eigenvalue weighted by Crippen LogP contribution is -2.11. The van der Waals surface area contributed by atoms with Gasteiger partial charge < -0.3 is 11.1 Å². The van der Waals surface area contributed by atoms with Gasteiger partial charge in [-0.1, -0.05) is 0 Å². The zero-order chi connectivity index (χ0) is 13.8. The third-order valence-electron chi connectivity index (χ3n) is 2.37. The number of hydrogen-bond acceptors (Lipinski definition) is 8. The van der Waals surface area contributed by atoms with Crippen molar-refractivity contribution < 1.29 is 4.92 Å². The topological polar surface area (TPSA) is 120 Å². The summed E-state index contributed by atoms with van der Waals surface area (Å²) in [5, 5.41) is 16.7. The van der Waals surface area contributed by atoms with Gasteiger partial charge in [0, 0.05) is 24.5 Å². The van der Waals surface area contributed by atoms with Crippen molar-refractivity contribution in [1.29, 1.82) is 0 Å². The van der Waals surface area contributed by atoms with Gasteiger partial charge in [0.25, 0.3) is 0 Å². The van der Waals surface area contributed by atoms with Gasteiger partial charge in [-0.15, -0.1) is 11.3 Å². The summed E-state index contributed by atoms with van der Waals surface area (Å²) in [6, 6.07) is 0. The van der Waals surface area contributed by atoms with E-state index in [1.807, 2.05) is 5.38 Å². The van der Waals surface area contributed by atoms with E-state index < -0.39 is 4.92 Å². The number of rotatable bonds is 5. The molecule has 0 atom stereocenters. The second-order valence-electron chi connectivity index (χ2n) is 3.72. The van der Waals surface area contributed by atoms with Gasteiger partial charge in [-0.2, -0.15) is 4.98 Å². The van der Waals surface area contributed by atoms with Crippen molar-refractivity contribution in [1.82, 2.24) is 15.0 Å². The average Bonchev–Trinajstić information content (AvgIpc) is 2.80. The molecule has 0 saturated carbocycles. The summed E-state index contributed by atoms with van der Waals surface area (Å²) in [5.41, 5.74) is 5.60. The van der Waals surface area contributed by atoms with Crippen LogP contribution in [0.4, 0.5) is 17.5 Å². The quantitative estimate of drug-likeness (QED) is 0.627. The van der Waals surface area contributed by atoms with Gasteiger partial charge in [0.2, 0.25) is 11.8 Å². The van der Waals surface area contributed by atoms with Crippen LogP contribution in [0.15, 0.2) is 11.6 Å². The molecular formula is C10H12N6O2S. The molecule has 2 aromatic rings. The van der Waals surface area contributed by atoms with Crippen LogP contribution < -0.4 is 11.1 Å². The smallest absolute Gasteiger partial charge is 0.332 e. The Labute approximate surface area is 112 Å². The van der Waals surface area contributed by atoms with E-state index in [4.69, 9.17) is 5.73 Å². The number of anilines is 2. The van der Waals surface area contributed by atoms with E-state index in [9.17, 15) is 10.1 Å². The fraction of sp³-hybridized carbons (Fsp3) is 0.300. The van der Waals surface area contributed by atoms with Gasteiger partial charge in [0.15, 0.2) is 0 Å². The van der Waals surface area contributed by atoms with Crippen LogP contribution in [-0.2, 0) is 6.42 Å². The fourth-order valence-corrected chi connectivity index (χ4v) is 2.22. The number of nitrogen functional groups attached to an aromatic ring is 1. The number of aryl methyl sites for hydroxylation is 1. The zero-order valence-corrected chi connectivity index (χ0v) is 11.0. The van der Waals surface area contributed by atoms with Crippen LogP contribution >= 0.6 is 11.3 Å². The highest BCUT2D eigenvalue weighted by atomic mass is 32.1. The Morgan fingerprint density at radius 1 is 1.53 bits per heavy atom. The highest BCUT2D eigenvalue weighted by molar-refractivity contribution is 7.09. The maximum atomic E-state index is 11.0. The molecule has 3 N–H and O–H groups in total. The molecule has 0 spiro atoms. The number of aromatic nitrogens is 3. The fourth-order valence-electron chi connectivity index (χ4n) is 1.59. The minimum absolute atomic E-state index is 0.0137. The normalized spacial score (nSPS) is 10.4. The summed E-state index contributed by atoms with van der Waals surface area (Å²) >= 11 is 1.53. The van der Waals surface area contributed by atoms with Crippen LogP contribution in [0.3, 0.4) is 0 Å². The lowest BCUT2D eigenvalue weighted by molar-refractivity contribution is -0.385. The minimum atomic E-state index is -0.513. The Morgan fingerprint density at radius 3 is 2.95 bits per heavy atom. The largest absolute Gasteiger partial charge is 0.368 e. The first-order valence-electron chi connectivity index (χ1n) is 5.48. The number of thiazole rings is 1. The molecule has 9 heteroatoms. The summed E-state index contributed by atoms with van der Waals surface area (Å²) in [5.74, 6) is 0.159. The lowest BCUT2D eigenvalue weighted by atomic mass is 10.3. The van der Waals surface area contributed by atoms with E-state index >= 15 is 0 Å². The van der Waals surface area contributed by atoms with Gasteiger partial charge in [0.1, 0.15) is 5.69 Å². The molecule has 0 aromatic carbocycles. The van der Waals surface area contributed by atoms with E-state index in [1.54, 1.807) is 6.20 Å². The monoisotopic (exact) mass is 280 g/mol. The molecule has 8 nitrogen and oxygen atoms in total. The van der Waals surface area contributed by atoms with Gasteiger partial charge >= 0.3 is 5.69 Å². The van der Waals surface area contributed by atoms with E-state index in [1.165, 1.54) is 18.3 Å². The molecular weight excluding hydrogens is 268 g/mol. The zero-order valence-electron chi connectivity index (χ0n) is 10.2. The van der Waals surface area contributed by atoms with Crippen LogP contribution in [0.1, 0.15) is 10.7 Å². The first-order valence-corrected chi connectivity index (χ1v) is 6.36. The second-order valence-corrected chi connectivity index (χ2v) is 4.70. The predicted octanol–water partition coefficient (Wildman–Crippen LogP) is 1.39. The summed E-state index contributed by atoms with van der Waals surface area (Å²) in [6.07, 6.45) is 2.38. The van der Waals surface area contributed by atoms with Gasteiger partial charge in [-0.05, 0) is 6.92 Å².